The molecule has 0 spiro atoms. The van der Waals surface area contributed by atoms with Crippen LogP contribution in [0.1, 0.15) is 38.0 Å². The lowest BCUT2D eigenvalue weighted by molar-refractivity contribution is 0.157. The van der Waals surface area contributed by atoms with E-state index in [1.54, 1.807) is 0 Å². The fourth-order valence-electron chi connectivity index (χ4n) is 2.70. The second-order valence-electron chi connectivity index (χ2n) is 5.74. The van der Waals surface area contributed by atoms with E-state index in [1.165, 1.54) is 27.9 Å². The third-order valence-electron chi connectivity index (χ3n) is 3.67. The summed E-state index contributed by atoms with van der Waals surface area (Å²) in [6.45, 7) is 4.74. The molecule has 2 rings (SSSR count). The Morgan fingerprint density at radius 1 is 1.50 bits per heavy atom. The Morgan fingerprint density at radius 2 is 2.25 bits per heavy atom. The minimum Gasteiger partial charge on any atom is -0.327 e. The maximum absolute atomic E-state index is 6.25. The molecule has 2 N–H and O–H groups in total. The van der Waals surface area contributed by atoms with Crippen molar-refractivity contribution < 1.29 is 0 Å². The quantitative estimate of drug-likeness (QED) is 0.870. The van der Waals surface area contributed by atoms with Gasteiger partial charge in [-0.05, 0) is 65.1 Å². The molecule has 1 aromatic heterocycles. The van der Waals surface area contributed by atoms with E-state index in [-0.39, 0.29) is 0 Å². The summed E-state index contributed by atoms with van der Waals surface area (Å²) in [4.78, 5) is 1.46. The first-order valence-corrected chi connectivity index (χ1v) is 7.57. The molecule has 0 amide bonds. The molecule has 0 bridgehead atoms. The van der Waals surface area contributed by atoms with Crippen molar-refractivity contribution in [2.75, 3.05) is 0 Å². The van der Waals surface area contributed by atoms with Crippen LogP contribution in [0.3, 0.4) is 0 Å². The normalized spacial score (nSPS) is 29.2. The third kappa shape index (κ3) is 3.08. The molecule has 3 heteroatoms. The van der Waals surface area contributed by atoms with Crippen molar-refractivity contribution >= 4 is 27.3 Å². The van der Waals surface area contributed by atoms with E-state index in [4.69, 9.17) is 5.73 Å². The van der Waals surface area contributed by atoms with Crippen LogP contribution >= 0.6 is 27.3 Å². The molecule has 0 radical (unpaired) electrons. The Labute approximate surface area is 111 Å². The number of hydrogen-bond acceptors (Lipinski definition) is 2. The number of hydrogen-bond donors (Lipinski definition) is 1. The maximum Gasteiger partial charge on any atom is 0.0701 e. The van der Waals surface area contributed by atoms with Crippen LogP contribution in [-0.2, 0) is 6.42 Å². The molecule has 90 valence electrons. The first-order valence-electron chi connectivity index (χ1n) is 5.96. The number of thiophene rings is 1. The Bertz CT molecular complexity index is 359. The summed E-state index contributed by atoms with van der Waals surface area (Å²) >= 11 is 5.37. The van der Waals surface area contributed by atoms with Crippen molar-refractivity contribution in [1.29, 1.82) is 0 Å². The third-order valence-corrected chi connectivity index (χ3v) is 5.31. The molecule has 1 fully saturated rings. The fourth-order valence-corrected chi connectivity index (χ4v) is 4.28. The molecule has 2 unspecified atom stereocenters. The van der Waals surface area contributed by atoms with Gasteiger partial charge in [-0.3, -0.25) is 0 Å². The molecule has 0 aromatic carbocycles. The molecule has 1 heterocycles. The Kier molecular flexibility index (Phi) is 3.77. The van der Waals surface area contributed by atoms with E-state index in [0.717, 1.165) is 6.42 Å². The van der Waals surface area contributed by atoms with Crippen molar-refractivity contribution in [3.05, 3.63) is 20.8 Å². The summed E-state index contributed by atoms with van der Waals surface area (Å²) in [5.74, 6) is 0.661. The minimum atomic E-state index is 0.397. The summed E-state index contributed by atoms with van der Waals surface area (Å²) in [5.41, 5.74) is 6.73. The maximum atomic E-state index is 6.25. The first-order chi connectivity index (χ1) is 7.46. The van der Waals surface area contributed by atoms with Crippen LogP contribution in [0.2, 0.25) is 0 Å². The van der Waals surface area contributed by atoms with Gasteiger partial charge in [0.15, 0.2) is 0 Å². The predicted octanol–water partition coefficient (Wildman–Crippen LogP) is 4.21. The highest BCUT2D eigenvalue weighted by atomic mass is 79.9. The lowest BCUT2D eigenvalue weighted by Crippen LogP contribution is -2.40. The highest BCUT2D eigenvalue weighted by Crippen LogP contribution is 2.40. The Morgan fingerprint density at radius 3 is 2.88 bits per heavy atom. The second kappa shape index (κ2) is 4.79. The molecular formula is C13H20BrNS. The van der Waals surface area contributed by atoms with Crippen molar-refractivity contribution in [3.63, 3.8) is 0 Å². The molecule has 1 saturated carbocycles. The molecule has 1 aromatic rings. The smallest absolute Gasteiger partial charge is 0.0701 e. The van der Waals surface area contributed by atoms with Gasteiger partial charge in [-0.25, -0.2) is 0 Å². The van der Waals surface area contributed by atoms with Gasteiger partial charge in [-0.1, -0.05) is 13.8 Å². The Balaban J connectivity index is 2.02. The van der Waals surface area contributed by atoms with Crippen LogP contribution in [0.5, 0.6) is 0 Å². The van der Waals surface area contributed by atoms with Gasteiger partial charge in [0.2, 0.25) is 0 Å². The van der Waals surface area contributed by atoms with Gasteiger partial charge in [0.1, 0.15) is 0 Å². The molecular weight excluding hydrogens is 282 g/mol. The zero-order valence-corrected chi connectivity index (χ0v) is 12.4. The number of rotatable bonds is 2. The highest BCUT2D eigenvalue weighted by molar-refractivity contribution is 9.11. The van der Waals surface area contributed by atoms with Crippen molar-refractivity contribution in [2.24, 2.45) is 17.1 Å². The summed E-state index contributed by atoms with van der Waals surface area (Å²) < 4.78 is 1.23. The van der Waals surface area contributed by atoms with Crippen LogP contribution in [0, 0.1) is 11.3 Å². The lowest BCUT2D eigenvalue weighted by Gasteiger charge is -2.39. The lowest BCUT2D eigenvalue weighted by atomic mass is 9.69. The molecule has 1 aliphatic rings. The summed E-state index contributed by atoms with van der Waals surface area (Å²) in [7, 11) is 0. The van der Waals surface area contributed by atoms with E-state index < -0.39 is 0 Å². The zero-order chi connectivity index (χ0) is 11.8. The largest absolute Gasteiger partial charge is 0.327 e. The van der Waals surface area contributed by atoms with E-state index in [9.17, 15) is 0 Å². The minimum absolute atomic E-state index is 0.397. The fraction of sp³-hybridized carbons (Fsp3) is 0.692. The van der Waals surface area contributed by atoms with Gasteiger partial charge in [0.25, 0.3) is 0 Å². The van der Waals surface area contributed by atoms with Crippen molar-refractivity contribution in [1.82, 2.24) is 0 Å². The van der Waals surface area contributed by atoms with Crippen LogP contribution < -0.4 is 5.73 Å². The molecule has 1 nitrogen and oxygen atoms in total. The van der Waals surface area contributed by atoms with Crippen LogP contribution in [0.25, 0.3) is 0 Å². The Hall–Kier alpha value is 0.140. The van der Waals surface area contributed by atoms with Crippen molar-refractivity contribution in [3.8, 4) is 0 Å². The van der Waals surface area contributed by atoms with Gasteiger partial charge >= 0.3 is 0 Å². The average Bonchev–Trinajstić information content (AvgIpc) is 2.58. The van der Waals surface area contributed by atoms with E-state index >= 15 is 0 Å². The van der Waals surface area contributed by atoms with Crippen LogP contribution in [-0.4, -0.2) is 6.04 Å². The molecule has 1 aliphatic carbocycles. The van der Waals surface area contributed by atoms with Gasteiger partial charge in [-0.2, -0.15) is 0 Å². The molecule has 2 atom stereocenters. The molecule has 16 heavy (non-hydrogen) atoms. The first kappa shape index (κ1) is 12.6. The topological polar surface area (TPSA) is 26.0 Å². The number of nitrogens with two attached hydrogens (primary N) is 1. The molecule has 0 aliphatic heterocycles. The van der Waals surface area contributed by atoms with E-state index in [0.29, 0.717) is 17.4 Å². The predicted molar refractivity (Wildman–Crippen MR) is 74.8 cm³/mol. The summed E-state index contributed by atoms with van der Waals surface area (Å²) in [5, 5.41) is 0. The van der Waals surface area contributed by atoms with Crippen molar-refractivity contribution in [2.45, 2.75) is 45.6 Å². The van der Waals surface area contributed by atoms with E-state index in [1.807, 2.05) is 11.3 Å². The van der Waals surface area contributed by atoms with Gasteiger partial charge in [-0.15, -0.1) is 11.3 Å². The van der Waals surface area contributed by atoms with Gasteiger partial charge in [0.05, 0.1) is 3.79 Å². The monoisotopic (exact) mass is 301 g/mol. The second-order valence-corrected chi connectivity index (χ2v) is 8.29. The average molecular weight is 302 g/mol. The highest BCUT2D eigenvalue weighted by Gasteiger charge is 2.33. The zero-order valence-electron chi connectivity index (χ0n) is 10.0. The van der Waals surface area contributed by atoms with Crippen LogP contribution in [0.15, 0.2) is 15.9 Å². The molecule has 0 saturated heterocycles. The SMILES string of the molecule is CC1(C)CCC(N)C(Cc2ccc(Br)s2)C1. The summed E-state index contributed by atoms with van der Waals surface area (Å²) in [6, 6.07) is 4.76. The summed E-state index contributed by atoms with van der Waals surface area (Å²) in [6.07, 6.45) is 4.88. The van der Waals surface area contributed by atoms with Crippen LogP contribution in [0.4, 0.5) is 0 Å². The van der Waals surface area contributed by atoms with E-state index in [2.05, 4.69) is 41.9 Å². The van der Waals surface area contributed by atoms with Gasteiger partial charge in [0, 0.05) is 10.9 Å². The number of halogens is 1. The van der Waals surface area contributed by atoms with Gasteiger partial charge < -0.3 is 5.73 Å². The standard InChI is InChI=1S/C13H20BrNS/c1-13(2)6-5-11(15)9(8-13)7-10-3-4-12(14)16-10/h3-4,9,11H,5-8,15H2,1-2H3.